The van der Waals surface area contributed by atoms with E-state index in [-0.39, 0.29) is 11.5 Å². The lowest BCUT2D eigenvalue weighted by atomic mass is 9.97. The Hall–Kier alpha value is -2.60. The minimum absolute atomic E-state index is 0.0465. The van der Waals surface area contributed by atoms with Gasteiger partial charge >= 0.3 is 6.36 Å². The molecule has 3 rings (SSSR count). The van der Waals surface area contributed by atoms with Gasteiger partial charge in [-0.3, -0.25) is 4.79 Å². The third kappa shape index (κ3) is 4.22. The van der Waals surface area contributed by atoms with Crippen molar-refractivity contribution in [3.8, 4) is 27.3 Å². The van der Waals surface area contributed by atoms with Gasteiger partial charge in [0.2, 0.25) is 0 Å². The quantitative estimate of drug-likeness (QED) is 0.444. The van der Waals surface area contributed by atoms with Gasteiger partial charge in [-0.15, -0.1) is 24.5 Å². The second-order valence-electron chi connectivity index (χ2n) is 5.98. The first kappa shape index (κ1) is 19.2. The lowest BCUT2D eigenvalue weighted by Gasteiger charge is -2.09. The Kier molecular flexibility index (Phi) is 5.37. The van der Waals surface area contributed by atoms with Crippen molar-refractivity contribution in [3.05, 3.63) is 65.0 Å². The molecule has 0 radical (unpaired) electrons. The van der Waals surface area contributed by atoms with Crippen molar-refractivity contribution >= 4 is 17.1 Å². The maximum atomic E-state index is 12.5. The molecule has 6 heteroatoms. The van der Waals surface area contributed by atoms with Crippen LogP contribution < -0.4 is 4.74 Å². The number of alkyl halides is 3. The third-order valence-corrected chi connectivity index (χ3v) is 5.52. The maximum Gasteiger partial charge on any atom is 0.573 e. The van der Waals surface area contributed by atoms with Crippen molar-refractivity contribution in [2.75, 3.05) is 0 Å². The van der Waals surface area contributed by atoms with Gasteiger partial charge in [0, 0.05) is 16.9 Å². The molecule has 0 saturated carbocycles. The first-order valence-electron chi connectivity index (χ1n) is 8.38. The van der Waals surface area contributed by atoms with E-state index in [1.807, 2.05) is 44.2 Å². The zero-order valence-corrected chi connectivity index (χ0v) is 15.6. The molecule has 0 aliphatic carbocycles. The predicted molar refractivity (Wildman–Crippen MR) is 101 cm³/mol. The maximum absolute atomic E-state index is 12.5. The highest BCUT2D eigenvalue weighted by atomic mass is 32.1. The number of ether oxygens (including phenoxy) is 1. The summed E-state index contributed by atoms with van der Waals surface area (Å²) in [5.74, 6) is -0.223. The number of carbonyl (C=O) groups excluding carboxylic acids is 1. The standard InChI is InChI=1S/C21H17F3O2S/c1-3-17(25)20-18(14-7-5-4-6-8-14)13(2)19(27-20)15-9-11-16(12-10-15)26-21(22,23)24/h4-12H,3H2,1-2H3. The van der Waals surface area contributed by atoms with E-state index in [9.17, 15) is 18.0 Å². The zero-order valence-electron chi connectivity index (χ0n) is 14.8. The van der Waals surface area contributed by atoms with E-state index < -0.39 is 6.36 Å². The highest BCUT2D eigenvalue weighted by Crippen LogP contribution is 2.42. The van der Waals surface area contributed by atoms with E-state index in [1.54, 1.807) is 12.1 Å². The van der Waals surface area contributed by atoms with Crippen LogP contribution >= 0.6 is 11.3 Å². The van der Waals surface area contributed by atoms with E-state index in [1.165, 1.54) is 23.5 Å². The molecule has 2 nitrogen and oxygen atoms in total. The summed E-state index contributed by atoms with van der Waals surface area (Å²) in [7, 11) is 0. The molecule has 0 amide bonds. The van der Waals surface area contributed by atoms with Gasteiger partial charge < -0.3 is 4.74 Å². The number of halogens is 3. The molecule has 0 spiro atoms. The van der Waals surface area contributed by atoms with E-state index in [0.29, 0.717) is 11.3 Å². The van der Waals surface area contributed by atoms with Crippen molar-refractivity contribution in [1.82, 2.24) is 0 Å². The number of thiophene rings is 1. The molecule has 0 aliphatic rings. The lowest BCUT2D eigenvalue weighted by Crippen LogP contribution is -2.16. The lowest BCUT2D eigenvalue weighted by molar-refractivity contribution is -0.274. The van der Waals surface area contributed by atoms with Crippen LogP contribution in [0.3, 0.4) is 0 Å². The smallest absolute Gasteiger partial charge is 0.406 e. The summed E-state index contributed by atoms with van der Waals surface area (Å²) in [6.07, 6.45) is -4.33. The summed E-state index contributed by atoms with van der Waals surface area (Å²) in [5.41, 5.74) is 3.52. The third-order valence-electron chi connectivity index (χ3n) is 4.13. The van der Waals surface area contributed by atoms with Crippen molar-refractivity contribution in [3.63, 3.8) is 0 Å². The molecule has 0 atom stereocenters. The molecule has 0 unspecified atom stereocenters. The molecule has 140 valence electrons. The van der Waals surface area contributed by atoms with Crippen molar-refractivity contribution in [2.24, 2.45) is 0 Å². The molecule has 1 aromatic heterocycles. The van der Waals surface area contributed by atoms with Gasteiger partial charge in [0.25, 0.3) is 0 Å². The van der Waals surface area contributed by atoms with Gasteiger partial charge in [-0.1, -0.05) is 37.3 Å². The Labute approximate surface area is 159 Å². The molecule has 0 saturated heterocycles. The highest BCUT2D eigenvalue weighted by molar-refractivity contribution is 7.18. The summed E-state index contributed by atoms with van der Waals surface area (Å²) in [6.45, 7) is 3.75. The summed E-state index contributed by atoms with van der Waals surface area (Å²) < 4.78 is 41.0. The number of rotatable bonds is 5. The Morgan fingerprint density at radius 3 is 2.19 bits per heavy atom. The number of Topliss-reactive ketones (excluding diaryl/α,β-unsaturated/α-hetero) is 1. The highest BCUT2D eigenvalue weighted by Gasteiger charge is 2.31. The monoisotopic (exact) mass is 390 g/mol. The predicted octanol–water partition coefficient (Wildman–Crippen LogP) is 6.88. The number of hydrogen-bond donors (Lipinski definition) is 0. The van der Waals surface area contributed by atoms with E-state index in [0.717, 1.165) is 27.1 Å². The summed E-state index contributed by atoms with van der Waals surface area (Å²) >= 11 is 1.37. The molecule has 3 aromatic rings. The average molecular weight is 390 g/mol. The van der Waals surface area contributed by atoms with Gasteiger partial charge in [-0.2, -0.15) is 0 Å². The fourth-order valence-electron chi connectivity index (χ4n) is 2.91. The van der Waals surface area contributed by atoms with Crippen LogP contribution in [0.25, 0.3) is 21.6 Å². The normalized spacial score (nSPS) is 11.4. The second kappa shape index (κ2) is 7.56. The molecule has 0 fully saturated rings. The van der Waals surface area contributed by atoms with Crippen molar-refractivity contribution in [1.29, 1.82) is 0 Å². The molecular formula is C21H17F3O2S. The fourth-order valence-corrected chi connectivity index (χ4v) is 4.25. The molecular weight excluding hydrogens is 373 g/mol. The molecule has 27 heavy (non-hydrogen) atoms. The van der Waals surface area contributed by atoms with Crippen LogP contribution in [0.1, 0.15) is 28.6 Å². The Bertz CT molecular complexity index is 942. The minimum Gasteiger partial charge on any atom is -0.406 e. The summed E-state index contributed by atoms with van der Waals surface area (Å²) in [6, 6.07) is 15.4. The van der Waals surface area contributed by atoms with Crippen LogP contribution in [0.2, 0.25) is 0 Å². The first-order valence-corrected chi connectivity index (χ1v) is 9.20. The van der Waals surface area contributed by atoms with Crippen molar-refractivity contribution in [2.45, 2.75) is 26.6 Å². The first-order chi connectivity index (χ1) is 12.8. The molecule has 2 aromatic carbocycles. The number of carbonyl (C=O) groups is 1. The Balaban J connectivity index is 2.06. The van der Waals surface area contributed by atoms with Gasteiger partial charge in [-0.05, 0) is 47.9 Å². The summed E-state index contributed by atoms with van der Waals surface area (Å²) in [5, 5.41) is 0. The number of benzene rings is 2. The van der Waals surface area contributed by atoms with Gasteiger partial charge in [0.05, 0.1) is 4.88 Å². The molecule has 0 bridgehead atoms. The average Bonchev–Trinajstić information content (AvgIpc) is 2.98. The van der Waals surface area contributed by atoms with Gasteiger partial charge in [0.1, 0.15) is 5.75 Å². The van der Waals surface area contributed by atoms with Crippen molar-refractivity contribution < 1.29 is 22.7 Å². The van der Waals surface area contributed by atoms with Crippen LogP contribution in [0.15, 0.2) is 54.6 Å². The van der Waals surface area contributed by atoms with Crippen LogP contribution in [0.4, 0.5) is 13.2 Å². The molecule has 0 aliphatic heterocycles. The summed E-state index contributed by atoms with van der Waals surface area (Å²) in [4.78, 5) is 14.0. The Morgan fingerprint density at radius 1 is 1.00 bits per heavy atom. The van der Waals surface area contributed by atoms with Gasteiger partial charge in [0.15, 0.2) is 5.78 Å². The topological polar surface area (TPSA) is 26.3 Å². The van der Waals surface area contributed by atoms with Crippen LogP contribution in [-0.2, 0) is 0 Å². The zero-order chi connectivity index (χ0) is 19.6. The van der Waals surface area contributed by atoms with E-state index in [4.69, 9.17) is 0 Å². The number of ketones is 1. The number of hydrogen-bond acceptors (Lipinski definition) is 3. The van der Waals surface area contributed by atoms with Crippen LogP contribution in [-0.4, -0.2) is 12.1 Å². The second-order valence-corrected chi connectivity index (χ2v) is 7.00. The van der Waals surface area contributed by atoms with Gasteiger partial charge in [-0.25, -0.2) is 0 Å². The Morgan fingerprint density at radius 2 is 1.63 bits per heavy atom. The van der Waals surface area contributed by atoms with E-state index in [2.05, 4.69) is 4.74 Å². The largest absolute Gasteiger partial charge is 0.573 e. The molecule has 0 N–H and O–H groups in total. The van der Waals surface area contributed by atoms with Crippen LogP contribution in [0, 0.1) is 6.92 Å². The van der Waals surface area contributed by atoms with Crippen LogP contribution in [0.5, 0.6) is 5.75 Å². The fraction of sp³-hybridized carbons (Fsp3) is 0.190. The SMILES string of the molecule is CCC(=O)c1sc(-c2ccc(OC(F)(F)F)cc2)c(C)c1-c1ccccc1. The molecule has 1 heterocycles. The minimum atomic E-state index is -4.72. The van der Waals surface area contributed by atoms with E-state index >= 15 is 0 Å².